The van der Waals surface area contributed by atoms with Crippen LogP contribution in [0.15, 0.2) is 42.5 Å². The van der Waals surface area contributed by atoms with E-state index in [1.807, 2.05) is 23.1 Å². The number of nitrogens with one attached hydrogen (secondary N) is 1. The fourth-order valence-electron chi connectivity index (χ4n) is 3.52. The zero-order valence-electron chi connectivity index (χ0n) is 16.1. The van der Waals surface area contributed by atoms with Gasteiger partial charge < -0.3 is 14.4 Å². The molecule has 7 nitrogen and oxygen atoms in total. The van der Waals surface area contributed by atoms with Crippen LogP contribution in [0.2, 0.25) is 0 Å². The summed E-state index contributed by atoms with van der Waals surface area (Å²) in [5.41, 5.74) is 1.73. The molecule has 1 atom stereocenters. The lowest BCUT2D eigenvalue weighted by Crippen LogP contribution is -2.30. The van der Waals surface area contributed by atoms with Crippen LogP contribution in [0.5, 0.6) is 11.5 Å². The lowest BCUT2D eigenvalue weighted by Gasteiger charge is -2.27. The summed E-state index contributed by atoms with van der Waals surface area (Å²) in [6, 6.07) is 12.0. The van der Waals surface area contributed by atoms with Crippen LogP contribution in [0.4, 0.5) is 5.69 Å². The molecular formula is C20H24N2O5S. The van der Waals surface area contributed by atoms with Crippen molar-refractivity contribution in [2.24, 2.45) is 0 Å². The number of carbonyl (C=O) groups is 1. The summed E-state index contributed by atoms with van der Waals surface area (Å²) < 4.78 is 36.1. The Balaban J connectivity index is 1.89. The number of ether oxygens (including phenoxy) is 2. The molecular weight excluding hydrogens is 380 g/mol. The number of benzene rings is 2. The molecule has 1 aliphatic heterocycles. The highest BCUT2D eigenvalue weighted by atomic mass is 32.2. The van der Waals surface area contributed by atoms with Gasteiger partial charge in [0.25, 0.3) is 5.91 Å². The van der Waals surface area contributed by atoms with Crippen molar-refractivity contribution >= 4 is 21.6 Å². The number of carbonyl (C=O) groups excluding carboxylic acids is 1. The molecule has 0 unspecified atom stereocenters. The van der Waals surface area contributed by atoms with E-state index in [-0.39, 0.29) is 11.9 Å². The van der Waals surface area contributed by atoms with Gasteiger partial charge in [0.1, 0.15) is 11.5 Å². The Kier molecular flexibility index (Phi) is 5.79. The standard InChI is InChI=1S/C20H24N2O5S/c1-26-16-9-10-17(19(13-16)27-2)18-8-5-11-22(18)20(23)14-6-4-7-15(12-14)21-28(3,24)25/h4,6-7,9-10,12-13,18,21H,5,8,11H2,1-3H3/t18-/m0/s1. The number of rotatable bonds is 6. The molecule has 1 amide bonds. The molecule has 0 saturated carbocycles. The molecule has 0 aromatic heterocycles. The van der Waals surface area contributed by atoms with Crippen molar-refractivity contribution in [1.82, 2.24) is 4.90 Å². The highest BCUT2D eigenvalue weighted by molar-refractivity contribution is 7.92. The Bertz CT molecular complexity index is 974. The van der Waals surface area contributed by atoms with Gasteiger partial charge in [-0.05, 0) is 43.2 Å². The minimum absolute atomic E-state index is 0.111. The second-order valence-electron chi connectivity index (χ2n) is 6.72. The van der Waals surface area contributed by atoms with Gasteiger partial charge in [-0.3, -0.25) is 9.52 Å². The fourth-order valence-corrected chi connectivity index (χ4v) is 4.08. The van der Waals surface area contributed by atoms with Gasteiger partial charge in [-0.1, -0.05) is 6.07 Å². The van der Waals surface area contributed by atoms with Gasteiger partial charge in [0.2, 0.25) is 10.0 Å². The van der Waals surface area contributed by atoms with Gasteiger partial charge in [0, 0.05) is 29.4 Å². The van der Waals surface area contributed by atoms with Crippen LogP contribution in [-0.4, -0.2) is 46.2 Å². The normalized spacial score (nSPS) is 16.7. The monoisotopic (exact) mass is 404 g/mol. The smallest absolute Gasteiger partial charge is 0.254 e. The predicted octanol–water partition coefficient (Wildman–Crippen LogP) is 3.05. The van der Waals surface area contributed by atoms with E-state index >= 15 is 0 Å². The molecule has 1 saturated heterocycles. The molecule has 8 heteroatoms. The molecule has 2 aromatic carbocycles. The number of hydrogen-bond donors (Lipinski definition) is 1. The van der Waals surface area contributed by atoms with E-state index < -0.39 is 10.0 Å². The van der Waals surface area contributed by atoms with E-state index in [1.54, 1.807) is 38.5 Å². The molecule has 1 N–H and O–H groups in total. The summed E-state index contributed by atoms with van der Waals surface area (Å²) in [5, 5.41) is 0. The topological polar surface area (TPSA) is 84.9 Å². The Morgan fingerprint density at radius 3 is 2.61 bits per heavy atom. The average molecular weight is 404 g/mol. The second-order valence-corrected chi connectivity index (χ2v) is 8.47. The number of likely N-dealkylation sites (tertiary alicyclic amines) is 1. The summed E-state index contributed by atoms with van der Waals surface area (Å²) in [4.78, 5) is 15.0. The van der Waals surface area contributed by atoms with Gasteiger partial charge in [0.15, 0.2) is 0 Å². The van der Waals surface area contributed by atoms with Crippen LogP contribution >= 0.6 is 0 Å². The lowest BCUT2D eigenvalue weighted by atomic mass is 10.0. The van der Waals surface area contributed by atoms with Gasteiger partial charge in [-0.2, -0.15) is 0 Å². The van der Waals surface area contributed by atoms with Crippen molar-refractivity contribution in [3.8, 4) is 11.5 Å². The number of hydrogen-bond acceptors (Lipinski definition) is 5. The van der Waals surface area contributed by atoms with E-state index in [4.69, 9.17) is 9.47 Å². The molecule has 1 aliphatic rings. The summed E-state index contributed by atoms with van der Waals surface area (Å²) in [5.74, 6) is 1.23. The highest BCUT2D eigenvalue weighted by Crippen LogP contribution is 2.39. The van der Waals surface area contributed by atoms with Crippen molar-refractivity contribution in [2.45, 2.75) is 18.9 Å². The summed E-state index contributed by atoms with van der Waals surface area (Å²) in [7, 11) is -0.220. The SMILES string of the molecule is COc1ccc([C@@H]2CCCN2C(=O)c2cccc(NS(C)(=O)=O)c2)c(OC)c1. The van der Waals surface area contributed by atoms with Crippen LogP contribution in [0.3, 0.4) is 0 Å². The highest BCUT2D eigenvalue weighted by Gasteiger charge is 2.32. The second kappa shape index (κ2) is 8.10. The first-order chi connectivity index (χ1) is 13.3. The van der Waals surface area contributed by atoms with E-state index in [2.05, 4.69) is 4.72 Å². The third-order valence-corrected chi connectivity index (χ3v) is 5.33. The summed E-state index contributed by atoms with van der Waals surface area (Å²) >= 11 is 0. The first-order valence-corrected chi connectivity index (χ1v) is 10.8. The third-order valence-electron chi connectivity index (χ3n) is 4.73. The van der Waals surface area contributed by atoms with Crippen molar-refractivity contribution in [3.63, 3.8) is 0 Å². The molecule has 28 heavy (non-hydrogen) atoms. The van der Waals surface area contributed by atoms with E-state index in [1.165, 1.54) is 0 Å². The number of methoxy groups -OCH3 is 2. The number of sulfonamides is 1. The average Bonchev–Trinajstić information content (AvgIpc) is 3.15. The Hall–Kier alpha value is -2.74. The molecule has 0 aliphatic carbocycles. The molecule has 0 spiro atoms. The maximum absolute atomic E-state index is 13.2. The van der Waals surface area contributed by atoms with E-state index in [0.717, 1.165) is 24.7 Å². The Labute approximate surface area is 165 Å². The number of amides is 1. The van der Waals surface area contributed by atoms with Gasteiger partial charge in [-0.25, -0.2) is 8.42 Å². The van der Waals surface area contributed by atoms with E-state index in [9.17, 15) is 13.2 Å². The largest absolute Gasteiger partial charge is 0.497 e. The van der Waals surface area contributed by atoms with Crippen molar-refractivity contribution in [3.05, 3.63) is 53.6 Å². The van der Waals surface area contributed by atoms with E-state index in [0.29, 0.717) is 29.3 Å². The van der Waals surface area contributed by atoms with Gasteiger partial charge >= 0.3 is 0 Å². The maximum Gasteiger partial charge on any atom is 0.254 e. The minimum atomic E-state index is -3.41. The van der Waals surface area contributed by atoms with Crippen LogP contribution in [0.25, 0.3) is 0 Å². The number of anilines is 1. The molecule has 2 aromatic rings. The van der Waals surface area contributed by atoms with Crippen molar-refractivity contribution in [1.29, 1.82) is 0 Å². The first-order valence-electron chi connectivity index (χ1n) is 8.93. The lowest BCUT2D eigenvalue weighted by molar-refractivity contribution is 0.0734. The molecule has 0 radical (unpaired) electrons. The van der Waals surface area contributed by atoms with Crippen LogP contribution in [0.1, 0.15) is 34.8 Å². The third kappa shape index (κ3) is 4.39. The van der Waals surface area contributed by atoms with Crippen LogP contribution in [-0.2, 0) is 10.0 Å². The molecule has 1 heterocycles. The fraction of sp³-hybridized carbons (Fsp3) is 0.350. The zero-order valence-corrected chi connectivity index (χ0v) is 17.0. The van der Waals surface area contributed by atoms with Crippen molar-refractivity contribution in [2.75, 3.05) is 31.7 Å². The molecule has 150 valence electrons. The number of nitrogens with zero attached hydrogens (tertiary/aromatic N) is 1. The van der Waals surface area contributed by atoms with Gasteiger partial charge in [-0.15, -0.1) is 0 Å². The quantitative estimate of drug-likeness (QED) is 0.800. The van der Waals surface area contributed by atoms with Crippen molar-refractivity contribution < 1.29 is 22.7 Å². The minimum Gasteiger partial charge on any atom is -0.497 e. The maximum atomic E-state index is 13.2. The zero-order chi connectivity index (χ0) is 20.3. The van der Waals surface area contributed by atoms with Crippen LogP contribution < -0.4 is 14.2 Å². The predicted molar refractivity (Wildman–Crippen MR) is 107 cm³/mol. The Morgan fingerprint density at radius 1 is 1.14 bits per heavy atom. The molecule has 3 rings (SSSR count). The summed E-state index contributed by atoms with van der Waals surface area (Å²) in [6.45, 7) is 0.627. The molecule has 1 fully saturated rings. The van der Waals surface area contributed by atoms with Crippen LogP contribution in [0, 0.1) is 0 Å². The molecule has 0 bridgehead atoms. The summed E-state index contributed by atoms with van der Waals surface area (Å²) in [6.07, 6.45) is 2.79. The van der Waals surface area contributed by atoms with Gasteiger partial charge in [0.05, 0.1) is 26.5 Å². The first kappa shape index (κ1) is 20.0. The Morgan fingerprint density at radius 2 is 1.93 bits per heavy atom.